The second-order valence-corrected chi connectivity index (χ2v) is 5.50. The summed E-state index contributed by atoms with van der Waals surface area (Å²) in [5.74, 6) is 0. The smallest absolute Gasteiger partial charge is 0.0700 e. The maximum Gasteiger partial charge on any atom is 0.0700 e. The Kier molecular flexibility index (Phi) is 5.83. The Morgan fingerprint density at radius 3 is 2.95 bits per heavy atom. The molecule has 0 radical (unpaired) electrons. The summed E-state index contributed by atoms with van der Waals surface area (Å²) >= 11 is 0. The Labute approximate surface area is 116 Å². The van der Waals surface area contributed by atoms with Crippen molar-refractivity contribution in [1.29, 1.82) is 0 Å². The highest BCUT2D eigenvalue weighted by molar-refractivity contribution is 5.25. The van der Waals surface area contributed by atoms with Crippen LogP contribution in [0.4, 0.5) is 0 Å². The number of rotatable bonds is 7. The van der Waals surface area contributed by atoms with E-state index in [1.165, 1.54) is 24.0 Å². The van der Waals surface area contributed by atoms with E-state index in [-0.39, 0.29) is 0 Å². The van der Waals surface area contributed by atoms with Crippen LogP contribution in [0.25, 0.3) is 0 Å². The van der Waals surface area contributed by atoms with Gasteiger partial charge in [-0.05, 0) is 37.9 Å². The van der Waals surface area contributed by atoms with Crippen LogP contribution in [0.1, 0.15) is 24.0 Å². The van der Waals surface area contributed by atoms with Crippen molar-refractivity contribution in [3.63, 3.8) is 0 Å². The van der Waals surface area contributed by atoms with Crippen molar-refractivity contribution in [3.05, 3.63) is 35.4 Å². The minimum absolute atomic E-state index is 0.446. The molecule has 1 saturated heterocycles. The Bertz CT molecular complexity index is 375. The summed E-state index contributed by atoms with van der Waals surface area (Å²) in [5.41, 5.74) is 2.80. The van der Waals surface area contributed by atoms with Crippen molar-refractivity contribution in [3.8, 4) is 0 Å². The van der Waals surface area contributed by atoms with E-state index < -0.39 is 0 Å². The second-order valence-electron chi connectivity index (χ2n) is 5.50. The van der Waals surface area contributed by atoms with E-state index in [9.17, 15) is 0 Å². The molecule has 106 valence electrons. The number of hydrogen-bond donors (Lipinski definition) is 1. The van der Waals surface area contributed by atoms with Crippen LogP contribution in [0.3, 0.4) is 0 Å². The first-order valence-electron chi connectivity index (χ1n) is 7.31. The predicted molar refractivity (Wildman–Crippen MR) is 79.4 cm³/mol. The fraction of sp³-hybridized carbons (Fsp3) is 0.625. The molecule has 0 saturated carbocycles. The molecular formula is C16H26N2O. The number of hydrogen-bond acceptors (Lipinski definition) is 3. The molecule has 1 fully saturated rings. The molecule has 0 spiro atoms. The van der Waals surface area contributed by atoms with Gasteiger partial charge in [-0.25, -0.2) is 0 Å². The molecule has 1 N–H and O–H groups in total. The largest absolute Gasteiger partial charge is 0.377 e. The maximum atomic E-state index is 5.60. The van der Waals surface area contributed by atoms with E-state index in [1.807, 2.05) is 0 Å². The minimum Gasteiger partial charge on any atom is -0.377 e. The molecule has 2 rings (SSSR count). The number of nitrogens with one attached hydrogen (secondary N) is 1. The molecule has 1 aromatic carbocycles. The zero-order valence-corrected chi connectivity index (χ0v) is 12.2. The fourth-order valence-electron chi connectivity index (χ4n) is 2.50. The first-order chi connectivity index (χ1) is 9.25. The predicted octanol–water partition coefficient (Wildman–Crippen LogP) is 2.20. The summed E-state index contributed by atoms with van der Waals surface area (Å²) in [7, 11) is 2.18. The molecule has 3 nitrogen and oxygen atoms in total. The van der Waals surface area contributed by atoms with Gasteiger partial charge in [-0.15, -0.1) is 0 Å². The lowest BCUT2D eigenvalue weighted by Gasteiger charge is -2.19. The van der Waals surface area contributed by atoms with Crippen molar-refractivity contribution in [2.45, 2.75) is 32.4 Å². The van der Waals surface area contributed by atoms with Crippen LogP contribution in [-0.2, 0) is 11.3 Å². The van der Waals surface area contributed by atoms with Gasteiger partial charge in [-0.3, -0.25) is 0 Å². The van der Waals surface area contributed by atoms with Gasteiger partial charge in [-0.2, -0.15) is 0 Å². The highest BCUT2D eigenvalue weighted by Crippen LogP contribution is 2.11. The number of nitrogens with zero attached hydrogens (tertiary/aromatic N) is 1. The minimum atomic E-state index is 0.446. The van der Waals surface area contributed by atoms with Crippen LogP contribution in [0, 0.1) is 6.92 Å². The summed E-state index contributed by atoms with van der Waals surface area (Å²) in [4.78, 5) is 2.37. The fourth-order valence-corrected chi connectivity index (χ4v) is 2.50. The van der Waals surface area contributed by atoms with E-state index in [0.29, 0.717) is 6.10 Å². The average Bonchev–Trinajstić information content (AvgIpc) is 2.91. The van der Waals surface area contributed by atoms with E-state index in [0.717, 1.165) is 32.8 Å². The van der Waals surface area contributed by atoms with Crippen molar-refractivity contribution < 1.29 is 4.74 Å². The average molecular weight is 262 g/mol. The van der Waals surface area contributed by atoms with Crippen molar-refractivity contribution in [2.24, 2.45) is 0 Å². The molecule has 1 atom stereocenters. The van der Waals surface area contributed by atoms with Gasteiger partial charge >= 0.3 is 0 Å². The van der Waals surface area contributed by atoms with Gasteiger partial charge in [0.1, 0.15) is 0 Å². The number of ether oxygens (including phenoxy) is 1. The topological polar surface area (TPSA) is 24.5 Å². The van der Waals surface area contributed by atoms with Crippen molar-refractivity contribution >= 4 is 0 Å². The van der Waals surface area contributed by atoms with Gasteiger partial charge in [0.25, 0.3) is 0 Å². The molecule has 0 aliphatic carbocycles. The summed E-state index contributed by atoms with van der Waals surface area (Å²) in [6.07, 6.45) is 2.88. The molecule has 1 unspecified atom stereocenters. The quantitative estimate of drug-likeness (QED) is 0.762. The molecule has 1 aliphatic rings. The second kappa shape index (κ2) is 7.63. The molecule has 1 aliphatic heterocycles. The third-order valence-corrected chi connectivity index (χ3v) is 3.77. The number of likely N-dealkylation sites (N-methyl/N-ethyl adjacent to an activating group) is 1. The first kappa shape index (κ1) is 14.5. The summed E-state index contributed by atoms with van der Waals surface area (Å²) in [5, 5.41) is 3.49. The third kappa shape index (κ3) is 4.94. The lowest BCUT2D eigenvalue weighted by molar-refractivity contribution is 0.109. The molecule has 1 heterocycles. The Morgan fingerprint density at radius 2 is 2.21 bits per heavy atom. The zero-order chi connectivity index (χ0) is 13.5. The highest BCUT2D eigenvalue weighted by Gasteiger charge is 2.14. The molecular weight excluding hydrogens is 236 g/mol. The van der Waals surface area contributed by atoms with E-state index in [4.69, 9.17) is 4.74 Å². The van der Waals surface area contributed by atoms with Crippen LogP contribution in [0.5, 0.6) is 0 Å². The Balaban J connectivity index is 1.61. The van der Waals surface area contributed by atoms with Crippen LogP contribution < -0.4 is 5.32 Å². The molecule has 19 heavy (non-hydrogen) atoms. The third-order valence-electron chi connectivity index (χ3n) is 3.77. The normalized spacial score (nSPS) is 19.2. The standard InChI is InChI=1S/C16H26N2O/c1-14-6-3-4-7-15(14)13-18(2)10-9-17-12-16-8-5-11-19-16/h3-4,6-7,16-17H,5,8-13H2,1-2H3. The summed E-state index contributed by atoms with van der Waals surface area (Å²) < 4.78 is 5.60. The lowest BCUT2D eigenvalue weighted by Crippen LogP contribution is -2.33. The van der Waals surface area contributed by atoms with Gasteiger partial charge in [0.05, 0.1) is 6.10 Å². The monoisotopic (exact) mass is 262 g/mol. The van der Waals surface area contributed by atoms with Crippen LogP contribution in [0.2, 0.25) is 0 Å². The molecule has 0 bridgehead atoms. The highest BCUT2D eigenvalue weighted by atomic mass is 16.5. The lowest BCUT2D eigenvalue weighted by atomic mass is 10.1. The van der Waals surface area contributed by atoms with Gasteiger partial charge in [0.2, 0.25) is 0 Å². The number of aryl methyl sites for hydroxylation is 1. The van der Waals surface area contributed by atoms with Crippen molar-refractivity contribution in [2.75, 3.05) is 33.3 Å². The Hall–Kier alpha value is -0.900. The van der Waals surface area contributed by atoms with Crippen LogP contribution in [0.15, 0.2) is 24.3 Å². The Morgan fingerprint density at radius 1 is 1.37 bits per heavy atom. The van der Waals surface area contributed by atoms with E-state index in [2.05, 4.69) is 48.5 Å². The van der Waals surface area contributed by atoms with Gasteiger partial charge in [0.15, 0.2) is 0 Å². The molecule has 0 amide bonds. The van der Waals surface area contributed by atoms with Gasteiger partial charge in [0, 0.05) is 32.8 Å². The van der Waals surface area contributed by atoms with E-state index in [1.54, 1.807) is 0 Å². The van der Waals surface area contributed by atoms with E-state index >= 15 is 0 Å². The maximum absolute atomic E-state index is 5.60. The van der Waals surface area contributed by atoms with Crippen molar-refractivity contribution in [1.82, 2.24) is 10.2 Å². The number of benzene rings is 1. The van der Waals surface area contributed by atoms with Crippen LogP contribution >= 0.6 is 0 Å². The van der Waals surface area contributed by atoms with Gasteiger partial charge < -0.3 is 15.0 Å². The molecule has 0 aromatic heterocycles. The molecule has 3 heteroatoms. The summed E-state index contributed by atoms with van der Waals surface area (Å²) in [6.45, 7) is 7.24. The van der Waals surface area contributed by atoms with Crippen LogP contribution in [-0.4, -0.2) is 44.3 Å². The first-order valence-corrected chi connectivity index (χ1v) is 7.31. The zero-order valence-electron chi connectivity index (χ0n) is 12.2. The molecule has 1 aromatic rings. The SMILES string of the molecule is Cc1ccccc1CN(C)CCNCC1CCCO1. The van der Waals surface area contributed by atoms with Gasteiger partial charge in [-0.1, -0.05) is 24.3 Å². The summed E-state index contributed by atoms with van der Waals surface area (Å²) in [6, 6.07) is 8.61.